The number of nitrogens with zero attached hydrogens (tertiary/aromatic N) is 4. The first-order valence-electron chi connectivity index (χ1n) is 8.28. The van der Waals surface area contributed by atoms with Crippen molar-refractivity contribution in [1.82, 2.24) is 18.7 Å². The van der Waals surface area contributed by atoms with E-state index in [0.717, 1.165) is 27.5 Å². The molecule has 2 heterocycles. The molecular formula is C18H22N4O2S. The highest BCUT2D eigenvalue weighted by atomic mass is 32.2. The lowest BCUT2D eigenvalue weighted by atomic mass is 10.1. The zero-order valence-corrected chi connectivity index (χ0v) is 15.8. The van der Waals surface area contributed by atoms with Gasteiger partial charge in [0.05, 0.1) is 6.54 Å². The van der Waals surface area contributed by atoms with Crippen LogP contribution in [0.15, 0.2) is 39.0 Å². The fourth-order valence-corrected chi connectivity index (χ4v) is 3.72. The predicted octanol–water partition coefficient (Wildman–Crippen LogP) is 2.29. The molecule has 0 amide bonds. The zero-order valence-electron chi connectivity index (χ0n) is 14.9. The average Bonchev–Trinajstić information content (AvgIpc) is 2.95. The Hall–Kier alpha value is -2.28. The lowest BCUT2D eigenvalue weighted by Crippen LogP contribution is -2.37. The second-order valence-corrected chi connectivity index (χ2v) is 7.26. The second kappa shape index (κ2) is 6.92. The van der Waals surface area contributed by atoms with E-state index in [1.54, 1.807) is 18.8 Å². The van der Waals surface area contributed by atoms with E-state index in [-0.39, 0.29) is 11.2 Å². The van der Waals surface area contributed by atoms with Crippen LogP contribution in [-0.2, 0) is 20.6 Å². The third kappa shape index (κ3) is 3.16. The molecule has 0 aliphatic carbocycles. The number of benzene rings is 1. The van der Waals surface area contributed by atoms with Gasteiger partial charge < -0.3 is 4.57 Å². The van der Waals surface area contributed by atoms with Crippen LogP contribution >= 0.6 is 11.8 Å². The Labute approximate surface area is 150 Å². The van der Waals surface area contributed by atoms with Crippen LogP contribution in [-0.4, -0.2) is 24.4 Å². The van der Waals surface area contributed by atoms with E-state index in [0.29, 0.717) is 17.7 Å². The Kier molecular flexibility index (Phi) is 4.85. The van der Waals surface area contributed by atoms with Gasteiger partial charge in [0.2, 0.25) is 0 Å². The number of imidazole rings is 1. The lowest BCUT2D eigenvalue weighted by molar-refractivity contribution is 0.696. The van der Waals surface area contributed by atoms with Gasteiger partial charge in [-0.15, -0.1) is 0 Å². The van der Waals surface area contributed by atoms with Crippen molar-refractivity contribution in [2.45, 2.75) is 32.0 Å². The van der Waals surface area contributed by atoms with Gasteiger partial charge in [-0.3, -0.25) is 13.9 Å². The highest BCUT2D eigenvalue weighted by Gasteiger charge is 2.19. The molecule has 0 unspecified atom stereocenters. The summed E-state index contributed by atoms with van der Waals surface area (Å²) in [5, 5.41) is 0.775. The first-order chi connectivity index (χ1) is 11.9. The maximum absolute atomic E-state index is 12.7. The van der Waals surface area contributed by atoms with Crippen molar-refractivity contribution in [3.63, 3.8) is 0 Å². The van der Waals surface area contributed by atoms with Crippen molar-refractivity contribution < 1.29 is 0 Å². The molecule has 0 fully saturated rings. The van der Waals surface area contributed by atoms with Crippen molar-refractivity contribution in [2.24, 2.45) is 14.1 Å². The number of rotatable bonds is 5. The van der Waals surface area contributed by atoms with E-state index in [1.165, 1.54) is 17.2 Å². The largest absolute Gasteiger partial charge is 0.332 e. The predicted molar refractivity (Wildman–Crippen MR) is 102 cm³/mol. The fraction of sp³-hybridized carbons (Fsp3) is 0.389. The van der Waals surface area contributed by atoms with E-state index < -0.39 is 0 Å². The Morgan fingerprint density at radius 1 is 1.16 bits per heavy atom. The fourth-order valence-electron chi connectivity index (χ4n) is 2.87. The molecular weight excluding hydrogens is 336 g/mol. The van der Waals surface area contributed by atoms with Gasteiger partial charge in [0, 0.05) is 19.8 Å². The molecule has 6 nitrogen and oxygen atoms in total. The number of hydrogen-bond acceptors (Lipinski definition) is 4. The molecule has 132 valence electrons. The number of hydrogen-bond donors (Lipinski definition) is 0. The number of aromatic nitrogens is 4. The van der Waals surface area contributed by atoms with Crippen LogP contribution in [0.5, 0.6) is 0 Å². The molecule has 0 radical (unpaired) electrons. The van der Waals surface area contributed by atoms with E-state index in [4.69, 9.17) is 0 Å². The monoisotopic (exact) mass is 358 g/mol. The first-order valence-corrected chi connectivity index (χ1v) is 9.27. The molecule has 25 heavy (non-hydrogen) atoms. The Balaban J connectivity index is 2.26. The Morgan fingerprint density at radius 3 is 2.60 bits per heavy atom. The molecule has 1 aromatic carbocycles. The highest BCUT2D eigenvalue weighted by Crippen LogP contribution is 2.23. The Morgan fingerprint density at radius 2 is 1.92 bits per heavy atom. The maximum Gasteiger partial charge on any atom is 0.332 e. The van der Waals surface area contributed by atoms with Gasteiger partial charge in [-0.25, -0.2) is 9.78 Å². The number of aryl methyl sites for hydroxylation is 2. The van der Waals surface area contributed by atoms with Crippen molar-refractivity contribution in [3.05, 3.63) is 56.2 Å². The second-order valence-electron chi connectivity index (χ2n) is 6.20. The summed E-state index contributed by atoms with van der Waals surface area (Å²) in [4.78, 5) is 29.6. The van der Waals surface area contributed by atoms with Gasteiger partial charge >= 0.3 is 5.69 Å². The standard InChI is InChI=1S/C18H22N4O2S/c1-5-9-25-17-19-15-14(16(23)21(4)18(24)20(15)3)22(17)11-13-8-6-7-12(2)10-13/h6-8,10H,5,9,11H2,1-4H3. The molecule has 0 aliphatic rings. The molecule has 0 spiro atoms. The minimum Gasteiger partial charge on any atom is -0.309 e. The molecule has 7 heteroatoms. The summed E-state index contributed by atoms with van der Waals surface area (Å²) in [7, 11) is 3.16. The average molecular weight is 358 g/mol. The number of thioether (sulfide) groups is 1. The maximum atomic E-state index is 12.7. The summed E-state index contributed by atoms with van der Waals surface area (Å²) in [5.74, 6) is 0.908. The van der Waals surface area contributed by atoms with Crippen LogP contribution < -0.4 is 11.2 Å². The van der Waals surface area contributed by atoms with Gasteiger partial charge in [-0.2, -0.15) is 0 Å². The SMILES string of the molecule is CCCSc1nc2c(c(=O)n(C)c(=O)n2C)n1Cc1cccc(C)c1. The molecule has 0 N–H and O–H groups in total. The summed E-state index contributed by atoms with van der Waals surface area (Å²) in [5.41, 5.74) is 2.54. The Bertz CT molecular complexity index is 1050. The van der Waals surface area contributed by atoms with Crippen LogP contribution in [0.25, 0.3) is 11.2 Å². The summed E-state index contributed by atoms with van der Waals surface area (Å²) < 4.78 is 4.52. The highest BCUT2D eigenvalue weighted by molar-refractivity contribution is 7.99. The first kappa shape index (κ1) is 17.5. The van der Waals surface area contributed by atoms with E-state index in [1.807, 2.05) is 29.7 Å². The topological polar surface area (TPSA) is 61.8 Å². The van der Waals surface area contributed by atoms with E-state index in [9.17, 15) is 9.59 Å². The van der Waals surface area contributed by atoms with Crippen LogP contribution in [0.2, 0.25) is 0 Å². The minimum absolute atomic E-state index is 0.304. The normalized spacial score (nSPS) is 11.4. The quantitative estimate of drug-likeness (QED) is 0.657. The van der Waals surface area contributed by atoms with Gasteiger partial charge in [0.15, 0.2) is 16.3 Å². The molecule has 0 saturated heterocycles. The van der Waals surface area contributed by atoms with E-state index >= 15 is 0 Å². The van der Waals surface area contributed by atoms with Gasteiger partial charge in [0.1, 0.15) is 0 Å². The van der Waals surface area contributed by atoms with Crippen molar-refractivity contribution >= 4 is 22.9 Å². The van der Waals surface area contributed by atoms with Crippen LogP contribution in [0.4, 0.5) is 0 Å². The summed E-state index contributed by atoms with van der Waals surface area (Å²) in [6.45, 7) is 4.71. The third-order valence-corrected chi connectivity index (χ3v) is 5.35. The van der Waals surface area contributed by atoms with Crippen molar-refractivity contribution in [3.8, 4) is 0 Å². The van der Waals surface area contributed by atoms with Crippen LogP contribution in [0.1, 0.15) is 24.5 Å². The summed E-state index contributed by atoms with van der Waals surface area (Å²) in [6.07, 6.45) is 1.01. The zero-order chi connectivity index (χ0) is 18.1. The molecule has 3 rings (SSSR count). The minimum atomic E-state index is -0.357. The van der Waals surface area contributed by atoms with Gasteiger partial charge in [-0.1, -0.05) is 48.5 Å². The van der Waals surface area contributed by atoms with Crippen molar-refractivity contribution in [1.29, 1.82) is 0 Å². The molecule has 0 bridgehead atoms. The van der Waals surface area contributed by atoms with Crippen LogP contribution in [0.3, 0.4) is 0 Å². The van der Waals surface area contributed by atoms with Crippen LogP contribution in [0, 0.1) is 6.92 Å². The molecule has 0 saturated carbocycles. The number of fused-ring (bicyclic) bond motifs is 1. The van der Waals surface area contributed by atoms with Gasteiger partial charge in [0.25, 0.3) is 5.56 Å². The summed E-state index contributed by atoms with van der Waals surface area (Å²) >= 11 is 1.61. The van der Waals surface area contributed by atoms with E-state index in [2.05, 4.69) is 18.0 Å². The molecule has 2 aromatic heterocycles. The molecule has 0 atom stereocenters. The molecule has 0 aliphatic heterocycles. The third-order valence-electron chi connectivity index (χ3n) is 4.17. The molecule has 3 aromatic rings. The van der Waals surface area contributed by atoms with Gasteiger partial charge in [-0.05, 0) is 18.9 Å². The lowest BCUT2D eigenvalue weighted by Gasteiger charge is -2.10. The summed E-state index contributed by atoms with van der Waals surface area (Å²) in [6, 6.07) is 8.20. The van der Waals surface area contributed by atoms with Crippen molar-refractivity contribution in [2.75, 3.05) is 5.75 Å². The smallest absolute Gasteiger partial charge is 0.309 e.